The molecule has 0 spiro atoms. The Balaban J connectivity index is 2.56. The third-order valence-corrected chi connectivity index (χ3v) is 3.56. The molecule has 3 rings (SSSR count). The van der Waals surface area contributed by atoms with Crippen molar-refractivity contribution >= 4 is 38.5 Å². The lowest BCUT2D eigenvalue weighted by Gasteiger charge is -2.15. The van der Waals surface area contributed by atoms with Gasteiger partial charge in [0.15, 0.2) is 0 Å². The van der Waals surface area contributed by atoms with Gasteiger partial charge in [0.2, 0.25) is 0 Å². The quantitative estimate of drug-likeness (QED) is 0.717. The van der Waals surface area contributed by atoms with Gasteiger partial charge in [-0.3, -0.25) is 0 Å². The van der Waals surface area contributed by atoms with Crippen LogP contribution in [0.5, 0.6) is 0 Å². The predicted octanol–water partition coefficient (Wildman–Crippen LogP) is 3.75. The summed E-state index contributed by atoms with van der Waals surface area (Å²) in [7, 11) is 0. The van der Waals surface area contributed by atoms with Crippen molar-refractivity contribution < 1.29 is 0 Å². The lowest BCUT2D eigenvalue weighted by molar-refractivity contribution is 1.29. The van der Waals surface area contributed by atoms with E-state index in [1.54, 1.807) is 0 Å². The monoisotopic (exact) mass is 259 g/mol. The molecule has 2 aromatic rings. The van der Waals surface area contributed by atoms with Crippen molar-refractivity contribution in [3.8, 4) is 0 Å². The Kier molecular flexibility index (Phi) is 1.86. The highest BCUT2D eigenvalue weighted by Crippen LogP contribution is 2.36. The van der Waals surface area contributed by atoms with Gasteiger partial charge >= 0.3 is 0 Å². The van der Waals surface area contributed by atoms with Crippen molar-refractivity contribution in [2.45, 2.75) is 6.42 Å². The molecule has 0 bridgehead atoms. The fraction of sp³-hybridized carbons (Fsp3) is 0.0769. The number of allylic oxidation sites excluding steroid dienone is 1. The zero-order chi connectivity index (χ0) is 10.4. The van der Waals surface area contributed by atoms with Crippen LogP contribution in [0.15, 0.2) is 34.8 Å². The van der Waals surface area contributed by atoms with Gasteiger partial charge in [-0.2, -0.15) is 0 Å². The van der Waals surface area contributed by atoms with Crippen LogP contribution in [-0.4, -0.2) is 0 Å². The first-order chi connectivity index (χ1) is 7.27. The molecule has 74 valence electrons. The summed E-state index contributed by atoms with van der Waals surface area (Å²) >= 11 is 3.51. The molecule has 15 heavy (non-hydrogen) atoms. The van der Waals surface area contributed by atoms with Crippen LogP contribution in [0.2, 0.25) is 0 Å². The van der Waals surface area contributed by atoms with Gasteiger partial charge in [-0.25, -0.2) is 0 Å². The van der Waals surface area contributed by atoms with Gasteiger partial charge in [-0.1, -0.05) is 30.4 Å². The van der Waals surface area contributed by atoms with E-state index in [-0.39, 0.29) is 0 Å². The van der Waals surface area contributed by atoms with E-state index < -0.39 is 0 Å². The Hall–Kier alpha value is -1.28. The fourth-order valence-corrected chi connectivity index (χ4v) is 2.69. The summed E-state index contributed by atoms with van der Waals surface area (Å²) < 4.78 is 0.998. The van der Waals surface area contributed by atoms with Gasteiger partial charge in [0.1, 0.15) is 0 Å². The Bertz CT molecular complexity index is 585. The highest BCUT2D eigenvalue weighted by Gasteiger charge is 2.12. The normalized spacial score (nSPS) is 13.4. The maximum absolute atomic E-state index is 6.06. The standard InChI is InChI=1S/C13H10BrN/c14-11-7-9-5-1-3-8-4-2-6-10(12(8)9)13(11)15/h1-4,6-7H,5,15H2. The maximum atomic E-state index is 6.06. The molecule has 2 aromatic carbocycles. The molecule has 1 nitrogen and oxygen atoms in total. The SMILES string of the molecule is Nc1c(Br)cc2c3c(cccc13)C=CC2. The Morgan fingerprint density at radius 3 is 3.00 bits per heavy atom. The van der Waals surface area contributed by atoms with Crippen molar-refractivity contribution in [3.63, 3.8) is 0 Å². The summed E-state index contributed by atoms with van der Waals surface area (Å²) in [5.41, 5.74) is 9.52. The van der Waals surface area contributed by atoms with Gasteiger partial charge < -0.3 is 5.73 Å². The van der Waals surface area contributed by atoms with E-state index in [2.05, 4.69) is 52.3 Å². The average Bonchev–Trinajstić information content (AvgIpc) is 2.26. The Labute approximate surface area is 96.7 Å². The second kappa shape index (κ2) is 3.11. The predicted molar refractivity (Wildman–Crippen MR) is 68.8 cm³/mol. The fourth-order valence-electron chi connectivity index (χ4n) is 2.20. The number of hydrogen-bond acceptors (Lipinski definition) is 1. The summed E-state index contributed by atoms with van der Waals surface area (Å²) in [5.74, 6) is 0. The first kappa shape index (κ1) is 8.98. The number of halogens is 1. The number of hydrogen-bond donors (Lipinski definition) is 1. The van der Waals surface area contributed by atoms with Crippen LogP contribution >= 0.6 is 15.9 Å². The minimum Gasteiger partial charge on any atom is -0.397 e. The summed E-state index contributed by atoms with van der Waals surface area (Å²) in [6.07, 6.45) is 5.36. The van der Waals surface area contributed by atoms with E-state index in [4.69, 9.17) is 5.73 Å². The van der Waals surface area contributed by atoms with Crippen molar-refractivity contribution in [1.82, 2.24) is 0 Å². The van der Waals surface area contributed by atoms with Crippen LogP contribution in [0.3, 0.4) is 0 Å². The van der Waals surface area contributed by atoms with E-state index in [0.717, 1.165) is 22.0 Å². The van der Waals surface area contributed by atoms with Crippen LogP contribution in [-0.2, 0) is 6.42 Å². The molecule has 0 aliphatic heterocycles. The van der Waals surface area contributed by atoms with E-state index in [1.165, 1.54) is 16.5 Å². The smallest absolute Gasteiger partial charge is 0.0538 e. The van der Waals surface area contributed by atoms with Gasteiger partial charge in [0.25, 0.3) is 0 Å². The van der Waals surface area contributed by atoms with Crippen LogP contribution in [0, 0.1) is 0 Å². The Morgan fingerprint density at radius 1 is 1.27 bits per heavy atom. The molecule has 1 aliphatic carbocycles. The molecule has 0 saturated heterocycles. The molecule has 0 amide bonds. The molecule has 0 atom stereocenters. The van der Waals surface area contributed by atoms with Crippen LogP contribution < -0.4 is 5.73 Å². The molecule has 2 heteroatoms. The molecule has 1 aliphatic rings. The van der Waals surface area contributed by atoms with Gasteiger partial charge in [0.05, 0.1) is 5.69 Å². The average molecular weight is 260 g/mol. The number of anilines is 1. The van der Waals surface area contributed by atoms with Gasteiger partial charge in [0, 0.05) is 9.86 Å². The molecule has 0 saturated carbocycles. The summed E-state index contributed by atoms with van der Waals surface area (Å²) in [6.45, 7) is 0. The minimum absolute atomic E-state index is 0.839. The summed E-state index contributed by atoms with van der Waals surface area (Å²) in [4.78, 5) is 0. The second-order valence-electron chi connectivity index (χ2n) is 3.81. The van der Waals surface area contributed by atoms with E-state index in [9.17, 15) is 0 Å². The van der Waals surface area contributed by atoms with Crippen LogP contribution in [0.4, 0.5) is 5.69 Å². The van der Waals surface area contributed by atoms with Crippen LogP contribution in [0.25, 0.3) is 16.8 Å². The first-order valence-electron chi connectivity index (χ1n) is 4.93. The Morgan fingerprint density at radius 2 is 2.13 bits per heavy atom. The zero-order valence-electron chi connectivity index (χ0n) is 8.13. The minimum atomic E-state index is 0.839. The topological polar surface area (TPSA) is 26.0 Å². The van der Waals surface area contributed by atoms with Gasteiger partial charge in [-0.05, 0) is 44.9 Å². The largest absolute Gasteiger partial charge is 0.397 e. The third kappa shape index (κ3) is 1.21. The lowest BCUT2D eigenvalue weighted by Crippen LogP contribution is -1.97. The number of nitrogens with two attached hydrogens (primary N) is 1. The number of benzene rings is 2. The summed E-state index contributed by atoms with van der Waals surface area (Å²) in [6, 6.07) is 8.40. The number of rotatable bonds is 0. The molecular weight excluding hydrogens is 250 g/mol. The van der Waals surface area contributed by atoms with E-state index in [1.807, 2.05) is 0 Å². The highest BCUT2D eigenvalue weighted by molar-refractivity contribution is 9.10. The molecule has 0 aromatic heterocycles. The maximum Gasteiger partial charge on any atom is 0.0538 e. The number of nitrogen functional groups attached to an aromatic ring is 1. The highest BCUT2D eigenvalue weighted by atomic mass is 79.9. The zero-order valence-corrected chi connectivity index (χ0v) is 9.71. The second-order valence-corrected chi connectivity index (χ2v) is 4.66. The summed E-state index contributed by atoms with van der Waals surface area (Å²) in [5, 5.41) is 2.46. The molecule has 0 heterocycles. The lowest BCUT2D eigenvalue weighted by atomic mass is 9.92. The first-order valence-corrected chi connectivity index (χ1v) is 5.73. The van der Waals surface area contributed by atoms with Crippen molar-refractivity contribution in [2.24, 2.45) is 0 Å². The van der Waals surface area contributed by atoms with Crippen LogP contribution in [0.1, 0.15) is 11.1 Å². The molecule has 0 radical (unpaired) electrons. The van der Waals surface area contributed by atoms with Gasteiger partial charge in [-0.15, -0.1) is 0 Å². The molecule has 2 N–H and O–H groups in total. The van der Waals surface area contributed by atoms with E-state index >= 15 is 0 Å². The third-order valence-electron chi connectivity index (χ3n) is 2.90. The molecule has 0 fully saturated rings. The van der Waals surface area contributed by atoms with Crippen molar-refractivity contribution in [3.05, 3.63) is 45.9 Å². The van der Waals surface area contributed by atoms with Crippen molar-refractivity contribution in [1.29, 1.82) is 0 Å². The molecule has 0 unspecified atom stereocenters. The molecular formula is C13H10BrN. The van der Waals surface area contributed by atoms with Crippen molar-refractivity contribution in [2.75, 3.05) is 5.73 Å². The van der Waals surface area contributed by atoms with E-state index in [0.29, 0.717) is 0 Å².